The third kappa shape index (κ3) is 2.63. The summed E-state index contributed by atoms with van der Waals surface area (Å²) in [6, 6.07) is 4.58. The molecule has 0 aliphatic heterocycles. The minimum absolute atomic E-state index is 0.119. The quantitative estimate of drug-likeness (QED) is 0.748. The largest absolute Gasteiger partial charge is 0.478 e. The fourth-order valence-electron chi connectivity index (χ4n) is 1.28. The molecule has 0 aliphatic rings. The maximum Gasteiger partial charge on any atom is 0.336 e. The smallest absolute Gasteiger partial charge is 0.336 e. The first-order chi connectivity index (χ1) is 7.20. The Bertz CT molecular complexity index is 371. The van der Waals surface area contributed by atoms with Crippen molar-refractivity contribution in [3.05, 3.63) is 34.9 Å². The highest BCUT2D eigenvalue weighted by Crippen LogP contribution is 2.14. The van der Waals surface area contributed by atoms with E-state index in [4.69, 9.17) is 9.84 Å². The average molecular weight is 208 g/mol. The molecular weight excluding hydrogens is 196 g/mol. The van der Waals surface area contributed by atoms with Gasteiger partial charge in [-0.2, -0.15) is 0 Å². The molecule has 15 heavy (non-hydrogen) atoms. The molecule has 80 valence electrons. The van der Waals surface area contributed by atoms with Gasteiger partial charge in [0.25, 0.3) is 0 Å². The molecule has 4 heteroatoms. The molecule has 4 nitrogen and oxygen atoms in total. The molecule has 0 radical (unpaired) electrons. The van der Waals surface area contributed by atoms with Gasteiger partial charge in [-0.05, 0) is 13.0 Å². The number of carbonyl (C=O) groups is 2. The van der Waals surface area contributed by atoms with Crippen molar-refractivity contribution in [3.8, 4) is 0 Å². The Hall–Kier alpha value is -1.68. The Balaban J connectivity index is 3.14. The van der Waals surface area contributed by atoms with Crippen LogP contribution in [0.5, 0.6) is 0 Å². The van der Waals surface area contributed by atoms with Crippen LogP contribution >= 0.6 is 0 Å². The first-order valence-electron chi connectivity index (χ1n) is 4.58. The highest BCUT2D eigenvalue weighted by Gasteiger charge is 2.13. The number of hydrogen-bond donors (Lipinski definition) is 1. The molecule has 0 atom stereocenters. The van der Waals surface area contributed by atoms with E-state index < -0.39 is 5.97 Å². The van der Waals surface area contributed by atoms with Crippen molar-refractivity contribution in [1.82, 2.24) is 0 Å². The predicted octanol–water partition coefficient (Wildman–Crippen LogP) is 1.73. The van der Waals surface area contributed by atoms with Crippen LogP contribution in [0.2, 0.25) is 0 Å². The summed E-state index contributed by atoms with van der Waals surface area (Å²) in [6.07, 6.45) is 0.640. The molecule has 0 fully saturated rings. The van der Waals surface area contributed by atoms with Crippen LogP contribution in [0.3, 0.4) is 0 Å². The van der Waals surface area contributed by atoms with Gasteiger partial charge in [-0.3, -0.25) is 4.79 Å². The lowest BCUT2D eigenvalue weighted by atomic mass is 10.0. The Kier molecular flexibility index (Phi) is 4.00. The second-order valence-electron chi connectivity index (χ2n) is 2.93. The molecule has 1 N–H and O–H groups in total. The zero-order chi connectivity index (χ0) is 11.3. The fourth-order valence-corrected chi connectivity index (χ4v) is 1.28. The average Bonchev–Trinajstić information content (AvgIpc) is 2.25. The number of rotatable bonds is 5. The molecule has 1 aromatic rings. The zero-order valence-electron chi connectivity index (χ0n) is 8.40. The van der Waals surface area contributed by atoms with E-state index in [2.05, 4.69) is 0 Å². The van der Waals surface area contributed by atoms with Gasteiger partial charge in [0.05, 0.1) is 12.2 Å². The van der Waals surface area contributed by atoms with Gasteiger partial charge in [0.1, 0.15) is 6.29 Å². The van der Waals surface area contributed by atoms with Gasteiger partial charge in [-0.25, -0.2) is 4.79 Å². The number of aromatic carboxylic acids is 1. The van der Waals surface area contributed by atoms with E-state index >= 15 is 0 Å². The van der Waals surface area contributed by atoms with Crippen LogP contribution in [0.15, 0.2) is 18.2 Å². The monoisotopic (exact) mass is 208 g/mol. The summed E-state index contributed by atoms with van der Waals surface area (Å²) < 4.78 is 5.13. The summed E-state index contributed by atoms with van der Waals surface area (Å²) in [5, 5.41) is 8.91. The van der Waals surface area contributed by atoms with Crippen molar-refractivity contribution < 1.29 is 19.4 Å². The molecule has 0 saturated carbocycles. The van der Waals surface area contributed by atoms with Crippen molar-refractivity contribution in [3.63, 3.8) is 0 Å². The lowest BCUT2D eigenvalue weighted by Gasteiger charge is -2.08. The minimum Gasteiger partial charge on any atom is -0.478 e. The summed E-state index contributed by atoms with van der Waals surface area (Å²) in [7, 11) is 0. The van der Waals surface area contributed by atoms with E-state index in [1.807, 2.05) is 6.92 Å². The van der Waals surface area contributed by atoms with Gasteiger partial charge in [0.15, 0.2) is 0 Å². The maximum absolute atomic E-state index is 10.9. The van der Waals surface area contributed by atoms with Gasteiger partial charge < -0.3 is 9.84 Å². The number of carbonyl (C=O) groups excluding carboxylic acids is 1. The van der Waals surface area contributed by atoms with E-state index in [0.717, 1.165) is 0 Å². The van der Waals surface area contributed by atoms with Crippen LogP contribution in [0.1, 0.15) is 33.2 Å². The van der Waals surface area contributed by atoms with Crippen molar-refractivity contribution in [2.24, 2.45) is 0 Å². The highest BCUT2D eigenvalue weighted by molar-refractivity contribution is 5.92. The van der Waals surface area contributed by atoms with E-state index in [9.17, 15) is 9.59 Å². The van der Waals surface area contributed by atoms with Gasteiger partial charge in [-0.15, -0.1) is 0 Å². The van der Waals surface area contributed by atoms with Crippen LogP contribution in [-0.4, -0.2) is 24.0 Å². The Morgan fingerprint density at radius 2 is 2.27 bits per heavy atom. The summed E-state index contributed by atoms with van der Waals surface area (Å²) >= 11 is 0. The molecule has 0 spiro atoms. The van der Waals surface area contributed by atoms with Gasteiger partial charge in [0, 0.05) is 17.7 Å². The number of carboxylic acid groups (broad SMARTS) is 1. The lowest BCUT2D eigenvalue weighted by molar-refractivity contribution is 0.0688. The molecule has 0 aliphatic carbocycles. The van der Waals surface area contributed by atoms with Crippen LogP contribution < -0.4 is 0 Å². The molecule has 0 unspecified atom stereocenters. The van der Waals surface area contributed by atoms with Crippen LogP contribution in [0.25, 0.3) is 0 Å². The van der Waals surface area contributed by atoms with Crippen molar-refractivity contribution >= 4 is 12.3 Å². The lowest BCUT2D eigenvalue weighted by Crippen LogP contribution is -2.07. The molecule has 1 aromatic carbocycles. The standard InChI is InChI=1S/C11H12O4/c1-2-15-7-10-8(6-12)4-3-5-9(10)11(13)14/h3-6H,2,7H2,1H3,(H,13,14). The van der Waals surface area contributed by atoms with Crippen LogP contribution in [-0.2, 0) is 11.3 Å². The number of carboxylic acids is 1. The van der Waals surface area contributed by atoms with Crippen molar-refractivity contribution in [1.29, 1.82) is 0 Å². The summed E-state index contributed by atoms with van der Waals surface area (Å²) in [5.41, 5.74) is 0.915. The SMILES string of the molecule is CCOCc1c(C=O)cccc1C(=O)O. The summed E-state index contributed by atoms with van der Waals surface area (Å²) in [5.74, 6) is -1.05. The second kappa shape index (κ2) is 5.26. The molecule has 0 amide bonds. The van der Waals surface area contributed by atoms with Gasteiger partial charge in [0.2, 0.25) is 0 Å². The first kappa shape index (κ1) is 11.4. The molecule has 0 saturated heterocycles. The topological polar surface area (TPSA) is 63.6 Å². The number of benzene rings is 1. The van der Waals surface area contributed by atoms with E-state index in [0.29, 0.717) is 24.0 Å². The Morgan fingerprint density at radius 3 is 2.80 bits per heavy atom. The second-order valence-corrected chi connectivity index (χ2v) is 2.93. The van der Waals surface area contributed by atoms with E-state index in [1.54, 1.807) is 12.1 Å². The predicted molar refractivity (Wildman–Crippen MR) is 54.1 cm³/mol. The third-order valence-electron chi connectivity index (χ3n) is 2.02. The van der Waals surface area contributed by atoms with E-state index in [1.165, 1.54) is 6.07 Å². The van der Waals surface area contributed by atoms with Crippen molar-refractivity contribution in [2.45, 2.75) is 13.5 Å². The molecular formula is C11H12O4. The van der Waals surface area contributed by atoms with E-state index in [-0.39, 0.29) is 12.2 Å². The number of hydrogen-bond acceptors (Lipinski definition) is 3. The molecule has 0 heterocycles. The molecule has 1 rings (SSSR count). The third-order valence-corrected chi connectivity index (χ3v) is 2.02. The number of ether oxygens (including phenoxy) is 1. The highest BCUT2D eigenvalue weighted by atomic mass is 16.5. The Labute approximate surface area is 87.5 Å². The minimum atomic E-state index is -1.05. The first-order valence-corrected chi connectivity index (χ1v) is 4.58. The summed E-state index contributed by atoms with van der Waals surface area (Å²) in [4.78, 5) is 21.6. The normalized spacial score (nSPS) is 9.93. The van der Waals surface area contributed by atoms with Crippen molar-refractivity contribution in [2.75, 3.05) is 6.61 Å². The zero-order valence-corrected chi connectivity index (χ0v) is 8.40. The Morgan fingerprint density at radius 1 is 1.53 bits per heavy atom. The van der Waals surface area contributed by atoms with Crippen LogP contribution in [0, 0.1) is 0 Å². The number of aldehydes is 1. The summed E-state index contributed by atoms with van der Waals surface area (Å²) in [6.45, 7) is 2.43. The maximum atomic E-state index is 10.9. The van der Waals surface area contributed by atoms with Gasteiger partial charge >= 0.3 is 5.97 Å². The fraction of sp³-hybridized carbons (Fsp3) is 0.273. The molecule has 0 bridgehead atoms. The molecule has 0 aromatic heterocycles. The van der Waals surface area contributed by atoms with Crippen LogP contribution in [0.4, 0.5) is 0 Å². The van der Waals surface area contributed by atoms with Gasteiger partial charge in [-0.1, -0.05) is 12.1 Å².